The molecular weight excluding hydrogens is 246 g/mol. The molecule has 2 unspecified atom stereocenters. The molecule has 0 aromatic heterocycles. The first kappa shape index (κ1) is 14.4. The van der Waals surface area contributed by atoms with E-state index in [2.05, 4.69) is 0 Å². The highest BCUT2D eigenvalue weighted by Gasteiger charge is 2.41. The summed E-state index contributed by atoms with van der Waals surface area (Å²) in [7, 11) is -5.47. The first-order chi connectivity index (χ1) is 7.25. The molecular formula is C10H22O4P2. The normalized spacial score (nSPS) is 35.9. The third-order valence-electron chi connectivity index (χ3n) is 2.23. The van der Waals surface area contributed by atoms with Gasteiger partial charge in [0.05, 0.1) is 12.2 Å². The molecule has 0 saturated carbocycles. The van der Waals surface area contributed by atoms with Gasteiger partial charge in [0.2, 0.25) is 14.7 Å². The highest BCUT2D eigenvalue weighted by Crippen LogP contribution is 2.67. The molecule has 96 valence electrons. The third kappa shape index (κ3) is 4.33. The van der Waals surface area contributed by atoms with E-state index in [0.29, 0.717) is 18.7 Å². The Morgan fingerprint density at radius 1 is 0.875 bits per heavy atom. The van der Waals surface area contributed by atoms with E-state index in [4.69, 9.17) is 9.05 Å². The molecule has 1 aliphatic rings. The summed E-state index contributed by atoms with van der Waals surface area (Å²) in [6.07, 6.45) is 1.58. The maximum absolute atomic E-state index is 12.4. The van der Waals surface area contributed by atoms with Gasteiger partial charge in [-0.05, 0) is 34.1 Å². The molecule has 0 aromatic carbocycles. The van der Waals surface area contributed by atoms with E-state index in [-0.39, 0.29) is 18.1 Å². The van der Waals surface area contributed by atoms with E-state index >= 15 is 0 Å². The molecule has 0 aromatic rings. The van der Waals surface area contributed by atoms with E-state index in [1.807, 2.05) is 27.7 Å². The van der Waals surface area contributed by atoms with E-state index in [9.17, 15) is 9.13 Å². The Balaban J connectivity index is 2.72. The second kappa shape index (κ2) is 5.35. The van der Waals surface area contributed by atoms with Crippen molar-refractivity contribution >= 4 is 14.7 Å². The Labute approximate surface area is 98.0 Å². The number of hydrogen-bond acceptors (Lipinski definition) is 4. The van der Waals surface area contributed by atoms with Crippen LogP contribution < -0.4 is 0 Å². The highest BCUT2D eigenvalue weighted by molar-refractivity contribution is 7.76. The standard InChI is InChI=1S/C10H22O4P2/c1-9(2)13-15(11)6-5-7-16(12,8-15)14-10(3)4/h9-10H,5-8H2,1-4H3. The van der Waals surface area contributed by atoms with Gasteiger partial charge in [-0.1, -0.05) is 0 Å². The topological polar surface area (TPSA) is 52.6 Å². The van der Waals surface area contributed by atoms with Crippen molar-refractivity contribution in [3.8, 4) is 0 Å². The van der Waals surface area contributed by atoms with E-state index in [0.717, 1.165) is 0 Å². The van der Waals surface area contributed by atoms with Crippen LogP contribution in [0.25, 0.3) is 0 Å². The molecule has 1 fully saturated rings. The van der Waals surface area contributed by atoms with Crippen molar-refractivity contribution in [2.75, 3.05) is 18.2 Å². The van der Waals surface area contributed by atoms with Crippen molar-refractivity contribution < 1.29 is 18.2 Å². The summed E-state index contributed by atoms with van der Waals surface area (Å²) in [5.41, 5.74) is 0. The molecule has 1 aliphatic heterocycles. The van der Waals surface area contributed by atoms with Gasteiger partial charge in [0.15, 0.2) is 0 Å². The maximum Gasteiger partial charge on any atom is 0.212 e. The molecule has 16 heavy (non-hydrogen) atoms. The van der Waals surface area contributed by atoms with Crippen LogP contribution in [0.1, 0.15) is 34.1 Å². The summed E-state index contributed by atoms with van der Waals surface area (Å²) >= 11 is 0. The predicted octanol–water partition coefficient (Wildman–Crippen LogP) is 3.75. The maximum atomic E-state index is 12.4. The van der Waals surface area contributed by atoms with Gasteiger partial charge in [-0.25, -0.2) is 0 Å². The van der Waals surface area contributed by atoms with Gasteiger partial charge in [-0.2, -0.15) is 0 Å². The fourth-order valence-corrected chi connectivity index (χ4v) is 9.53. The van der Waals surface area contributed by atoms with E-state index in [1.54, 1.807) is 0 Å². The molecule has 0 bridgehead atoms. The predicted molar refractivity (Wildman–Crippen MR) is 66.9 cm³/mol. The molecule has 0 N–H and O–H groups in total. The molecule has 1 rings (SSSR count). The lowest BCUT2D eigenvalue weighted by atomic mass is 10.5. The van der Waals surface area contributed by atoms with Gasteiger partial charge in [0.25, 0.3) is 0 Å². The highest BCUT2D eigenvalue weighted by atomic mass is 31.2. The van der Waals surface area contributed by atoms with Crippen LogP contribution in [0.4, 0.5) is 0 Å². The average Bonchev–Trinajstić information content (AvgIpc) is 1.96. The van der Waals surface area contributed by atoms with Gasteiger partial charge < -0.3 is 9.05 Å². The van der Waals surface area contributed by atoms with Gasteiger partial charge >= 0.3 is 0 Å². The van der Waals surface area contributed by atoms with Crippen molar-refractivity contribution in [3.05, 3.63) is 0 Å². The molecule has 2 atom stereocenters. The average molecular weight is 268 g/mol. The minimum Gasteiger partial charge on any atom is -0.325 e. The van der Waals surface area contributed by atoms with Crippen molar-refractivity contribution in [3.63, 3.8) is 0 Å². The summed E-state index contributed by atoms with van der Waals surface area (Å²) in [4.78, 5) is 0. The summed E-state index contributed by atoms with van der Waals surface area (Å²) in [5.74, 6) is 0.121. The Kier molecular flexibility index (Phi) is 4.83. The van der Waals surface area contributed by atoms with Crippen LogP contribution in [0.5, 0.6) is 0 Å². The Bertz CT molecular complexity index is 295. The molecule has 0 aliphatic carbocycles. The quantitative estimate of drug-likeness (QED) is 0.728. The fraction of sp³-hybridized carbons (Fsp3) is 1.00. The summed E-state index contributed by atoms with van der Waals surface area (Å²) in [6, 6.07) is 0. The summed E-state index contributed by atoms with van der Waals surface area (Å²) < 4.78 is 35.7. The van der Waals surface area contributed by atoms with Gasteiger partial charge in [-0.15, -0.1) is 0 Å². The van der Waals surface area contributed by atoms with Crippen molar-refractivity contribution in [1.82, 2.24) is 0 Å². The van der Waals surface area contributed by atoms with Crippen LogP contribution in [0, 0.1) is 0 Å². The van der Waals surface area contributed by atoms with Gasteiger partial charge in [-0.3, -0.25) is 9.13 Å². The minimum atomic E-state index is -2.74. The number of hydrogen-bond donors (Lipinski definition) is 0. The van der Waals surface area contributed by atoms with Crippen molar-refractivity contribution in [1.29, 1.82) is 0 Å². The minimum absolute atomic E-state index is 0.0866. The lowest BCUT2D eigenvalue weighted by molar-refractivity contribution is 0.232. The lowest BCUT2D eigenvalue weighted by Gasteiger charge is -2.31. The van der Waals surface area contributed by atoms with Crippen LogP contribution >= 0.6 is 14.7 Å². The first-order valence-corrected chi connectivity index (χ1v) is 9.77. The molecule has 4 nitrogen and oxygen atoms in total. The molecule has 0 amide bonds. The summed E-state index contributed by atoms with van der Waals surface area (Å²) in [6.45, 7) is 7.40. The second-order valence-electron chi connectivity index (χ2n) is 4.88. The van der Waals surface area contributed by atoms with E-state index in [1.165, 1.54) is 0 Å². The zero-order chi connectivity index (χ0) is 12.4. The smallest absolute Gasteiger partial charge is 0.212 e. The van der Waals surface area contributed by atoms with Crippen LogP contribution in [-0.4, -0.2) is 30.4 Å². The zero-order valence-corrected chi connectivity index (χ0v) is 12.3. The SMILES string of the molecule is CC(C)OP1(=O)CCCP(=O)(OC(C)C)C1. The Morgan fingerprint density at radius 3 is 1.56 bits per heavy atom. The van der Waals surface area contributed by atoms with Crippen LogP contribution in [-0.2, 0) is 18.2 Å². The first-order valence-electron chi connectivity index (χ1n) is 5.78. The Morgan fingerprint density at radius 2 is 1.25 bits per heavy atom. The largest absolute Gasteiger partial charge is 0.325 e. The molecule has 6 heteroatoms. The van der Waals surface area contributed by atoms with Gasteiger partial charge in [0.1, 0.15) is 5.90 Å². The van der Waals surface area contributed by atoms with Crippen molar-refractivity contribution in [2.24, 2.45) is 0 Å². The van der Waals surface area contributed by atoms with Crippen LogP contribution in [0.3, 0.4) is 0 Å². The molecule has 1 saturated heterocycles. The third-order valence-corrected chi connectivity index (χ3v) is 9.29. The molecule has 1 heterocycles. The molecule has 0 radical (unpaired) electrons. The zero-order valence-electron chi connectivity index (χ0n) is 10.5. The lowest BCUT2D eigenvalue weighted by Crippen LogP contribution is -2.16. The van der Waals surface area contributed by atoms with Crippen LogP contribution in [0.2, 0.25) is 0 Å². The van der Waals surface area contributed by atoms with Gasteiger partial charge in [0, 0.05) is 12.3 Å². The van der Waals surface area contributed by atoms with Crippen molar-refractivity contribution in [2.45, 2.75) is 46.3 Å². The van der Waals surface area contributed by atoms with Crippen LogP contribution in [0.15, 0.2) is 0 Å². The Hall–Kier alpha value is 0.380. The second-order valence-corrected chi connectivity index (χ2v) is 10.6. The molecule has 0 spiro atoms. The summed E-state index contributed by atoms with van der Waals surface area (Å²) in [5, 5.41) is 0. The monoisotopic (exact) mass is 268 g/mol. The number of rotatable bonds is 4. The van der Waals surface area contributed by atoms with E-state index < -0.39 is 14.7 Å². The fourth-order valence-electron chi connectivity index (χ4n) is 1.96.